The van der Waals surface area contributed by atoms with Gasteiger partial charge in [-0.3, -0.25) is 14.2 Å². The Hall–Kier alpha value is -2.70. The summed E-state index contributed by atoms with van der Waals surface area (Å²) < 4.78 is 1.88. The lowest BCUT2D eigenvalue weighted by atomic mass is 10.2. The summed E-state index contributed by atoms with van der Waals surface area (Å²) in [6.07, 6.45) is 6.23. The highest BCUT2D eigenvalue weighted by Crippen LogP contribution is 2.10. The molecule has 3 heterocycles. The summed E-state index contributed by atoms with van der Waals surface area (Å²) in [6, 6.07) is 3.34. The second kappa shape index (κ2) is 5.97. The van der Waals surface area contributed by atoms with E-state index in [0.717, 1.165) is 17.2 Å². The van der Waals surface area contributed by atoms with Crippen LogP contribution in [0.1, 0.15) is 24.2 Å². The first-order valence-electron chi connectivity index (χ1n) is 7.16. The largest absolute Gasteiger partial charge is 0.350 e. The van der Waals surface area contributed by atoms with Crippen LogP contribution in [0.25, 0.3) is 5.82 Å². The van der Waals surface area contributed by atoms with Crippen molar-refractivity contribution >= 4 is 11.8 Å². The summed E-state index contributed by atoms with van der Waals surface area (Å²) in [4.78, 5) is 31.6. The number of pyridine rings is 1. The maximum absolute atomic E-state index is 12.0. The molecule has 0 radical (unpaired) electrons. The number of imidazole rings is 1. The highest BCUT2D eigenvalue weighted by atomic mass is 16.2. The minimum Gasteiger partial charge on any atom is -0.350 e. The van der Waals surface area contributed by atoms with Crippen molar-refractivity contribution in [2.75, 3.05) is 0 Å². The molecule has 2 amide bonds. The number of hydrogen-bond acceptors (Lipinski definition) is 4. The van der Waals surface area contributed by atoms with Gasteiger partial charge in [-0.05, 0) is 31.0 Å². The van der Waals surface area contributed by atoms with Crippen molar-refractivity contribution in [3.8, 4) is 5.82 Å². The van der Waals surface area contributed by atoms with Crippen molar-refractivity contribution in [1.29, 1.82) is 0 Å². The molecule has 0 spiro atoms. The standard InChI is InChI=1S/C15H17N5O2/c1-10-16-6-7-20(10)13-8-11(4-5-17-13)9-18-15(22)12-2-3-14(21)19-12/h4-8,12H,2-3,9H2,1H3,(H,18,22)(H,19,21)/t12-/m0/s1. The SMILES string of the molecule is Cc1nccn1-c1cc(CNC(=O)[C@@H]2CCC(=O)N2)ccn1. The Labute approximate surface area is 127 Å². The summed E-state index contributed by atoms with van der Waals surface area (Å²) >= 11 is 0. The summed E-state index contributed by atoms with van der Waals surface area (Å²) in [7, 11) is 0. The molecule has 0 saturated carbocycles. The number of rotatable bonds is 4. The van der Waals surface area contributed by atoms with E-state index in [0.29, 0.717) is 19.4 Å². The number of carbonyl (C=O) groups excluding carboxylic acids is 2. The third kappa shape index (κ3) is 2.98. The Bertz CT molecular complexity index is 709. The van der Waals surface area contributed by atoms with Gasteiger partial charge in [0.05, 0.1) is 0 Å². The number of hydrogen-bond donors (Lipinski definition) is 2. The van der Waals surface area contributed by atoms with Crippen molar-refractivity contribution in [3.63, 3.8) is 0 Å². The van der Waals surface area contributed by atoms with Crippen LogP contribution in [0.4, 0.5) is 0 Å². The zero-order chi connectivity index (χ0) is 15.5. The Balaban J connectivity index is 1.65. The third-order valence-electron chi connectivity index (χ3n) is 3.66. The van der Waals surface area contributed by atoms with Crippen LogP contribution in [-0.2, 0) is 16.1 Å². The monoisotopic (exact) mass is 299 g/mol. The molecule has 3 rings (SSSR count). The highest BCUT2D eigenvalue weighted by molar-refractivity contribution is 5.90. The number of aromatic nitrogens is 3. The molecule has 0 aliphatic carbocycles. The summed E-state index contributed by atoms with van der Waals surface area (Å²) in [5, 5.41) is 5.50. The van der Waals surface area contributed by atoms with Gasteiger partial charge in [0.2, 0.25) is 11.8 Å². The minimum absolute atomic E-state index is 0.0677. The van der Waals surface area contributed by atoms with Crippen LogP contribution in [0.15, 0.2) is 30.7 Å². The second-order valence-electron chi connectivity index (χ2n) is 5.24. The van der Waals surface area contributed by atoms with Crippen molar-refractivity contribution < 1.29 is 9.59 Å². The quantitative estimate of drug-likeness (QED) is 0.859. The smallest absolute Gasteiger partial charge is 0.242 e. The van der Waals surface area contributed by atoms with Gasteiger partial charge in [0.1, 0.15) is 17.7 Å². The lowest BCUT2D eigenvalue weighted by Gasteiger charge is -2.11. The summed E-state index contributed by atoms with van der Waals surface area (Å²) in [6.45, 7) is 2.30. The van der Waals surface area contributed by atoms with E-state index in [-0.39, 0.29) is 11.8 Å². The molecule has 0 bridgehead atoms. The van der Waals surface area contributed by atoms with Crippen molar-refractivity contribution in [2.45, 2.75) is 32.4 Å². The average Bonchev–Trinajstić information content (AvgIpc) is 3.13. The van der Waals surface area contributed by atoms with Crippen LogP contribution in [0, 0.1) is 6.92 Å². The molecule has 1 aliphatic rings. The van der Waals surface area contributed by atoms with E-state index in [9.17, 15) is 9.59 Å². The van der Waals surface area contributed by atoms with Crippen molar-refractivity contribution in [1.82, 2.24) is 25.2 Å². The van der Waals surface area contributed by atoms with Crippen LogP contribution in [0.2, 0.25) is 0 Å². The van der Waals surface area contributed by atoms with Crippen LogP contribution in [0.3, 0.4) is 0 Å². The first-order valence-corrected chi connectivity index (χ1v) is 7.16. The van der Waals surface area contributed by atoms with E-state index in [2.05, 4.69) is 20.6 Å². The van der Waals surface area contributed by atoms with Gasteiger partial charge in [0.15, 0.2) is 0 Å². The van der Waals surface area contributed by atoms with Gasteiger partial charge in [-0.25, -0.2) is 9.97 Å². The van der Waals surface area contributed by atoms with Crippen LogP contribution in [-0.4, -0.2) is 32.4 Å². The Morgan fingerprint density at radius 3 is 3.00 bits per heavy atom. The maximum atomic E-state index is 12.0. The number of amides is 2. The van der Waals surface area contributed by atoms with Crippen LogP contribution >= 0.6 is 0 Å². The van der Waals surface area contributed by atoms with Gasteiger partial charge in [-0.1, -0.05) is 0 Å². The lowest BCUT2D eigenvalue weighted by Crippen LogP contribution is -2.41. The van der Waals surface area contributed by atoms with E-state index in [1.165, 1.54) is 0 Å². The van der Waals surface area contributed by atoms with Crippen LogP contribution in [0.5, 0.6) is 0 Å². The molecule has 1 fully saturated rings. The van der Waals surface area contributed by atoms with Crippen molar-refractivity contribution in [2.24, 2.45) is 0 Å². The topological polar surface area (TPSA) is 88.9 Å². The molecule has 114 valence electrons. The zero-order valence-corrected chi connectivity index (χ0v) is 12.2. The van der Waals surface area contributed by atoms with Gasteiger partial charge in [-0.2, -0.15) is 0 Å². The summed E-state index contributed by atoms with van der Waals surface area (Å²) in [5.41, 5.74) is 0.941. The normalized spacial score (nSPS) is 17.3. The number of aryl methyl sites for hydroxylation is 1. The molecular formula is C15H17N5O2. The van der Waals surface area contributed by atoms with Gasteiger partial charge in [0, 0.05) is 31.6 Å². The van der Waals surface area contributed by atoms with Gasteiger partial charge in [0.25, 0.3) is 0 Å². The van der Waals surface area contributed by atoms with E-state index in [4.69, 9.17) is 0 Å². The molecule has 7 heteroatoms. The van der Waals surface area contributed by atoms with Gasteiger partial charge >= 0.3 is 0 Å². The van der Waals surface area contributed by atoms with Crippen molar-refractivity contribution in [3.05, 3.63) is 42.1 Å². The fraction of sp³-hybridized carbons (Fsp3) is 0.333. The summed E-state index contributed by atoms with van der Waals surface area (Å²) in [5.74, 6) is 1.39. The highest BCUT2D eigenvalue weighted by Gasteiger charge is 2.26. The molecule has 1 atom stereocenters. The first-order chi connectivity index (χ1) is 10.6. The number of nitrogens with one attached hydrogen (secondary N) is 2. The fourth-order valence-electron chi connectivity index (χ4n) is 2.45. The lowest BCUT2D eigenvalue weighted by molar-refractivity contribution is -0.125. The molecule has 1 aliphatic heterocycles. The molecule has 0 aromatic carbocycles. The Morgan fingerprint density at radius 2 is 2.32 bits per heavy atom. The molecule has 0 unspecified atom stereocenters. The predicted molar refractivity (Wildman–Crippen MR) is 79.1 cm³/mol. The zero-order valence-electron chi connectivity index (χ0n) is 12.2. The molecule has 2 aromatic heterocycles. The maximum Gasteiger partial charge on any atom is 0.242 e. The molecule has 22 heavy (non-hydrogen) atoms. The minimum atomic E-state index is -0.412. The number of nitrogens with zero attached hydrogens (tertiary/aromatic N) is 3. The van der Waals surface area contributed by atoms with Crippen LogP contribution < -0.4 is 10.6 Å². The van der Waals surface area contributed by atoms with E-state index in [1.54, 1.807) is 12.4 Å². The molecule has 2 N–H and O–H groups in total. The Kier molecular flexibility index (Phi) is 3.86. The first kappa shape index (κ1) is 14.2. The van der Waals surface area contributed by atoms with E-state index < -0.39 is 6.04 Å². The molecular weight excluding hydrogens is 282 g/mol. The third-order valence-corrected chi connectivity index (χ3v) is 3.66. The average molecular weight is 299 g/mol. The molecule has 7 nitrogen and oxygen atoms in total. The van der Waals surface area contributed by atoms with Gasteiger partial charge in [-0.15, -0.1) is 0 Å². The molecule has 1 saturated heterocycles. The van der Waals surface area contributed by atoms with E-state index in [1.807, 2.05) is 29.8 Å². The predicted octanol–water partition coefficient (Wildman–Crippen LogP) is 0.471. The number of carbonyl (C=O) groups is 2. The van der Waals surface area contributed by atoms with E-state index >= 15 is 0 Å². The fourth-order valence-corrected chi connectivity index (χ4v) is 2.45. The molecule has 2 aromatic rings. The Morgan fingerprint density at radius 1 is 1.45 bits per heavy atom. The van der Waals surface area contributed by atoms with Gasteiger partial charge < -0.3 is 10.6 Å². The second-order valence-corrected chi connectivity index (χ2v) is 5.24.